The molecule has 0 fully saturated rings. The molecule has 24 heavy (non-hydrogen) atoms. The summed E-state index contributed by atoms with van der Waals surface area (Å²) in [6.45, 7) is 0. The topological polar surface area (TPSA) is 82.0 Å². The number of hydrogen-bond donors (Lipinski definition) is 1. The maximum atomic E-state index is 11.5. The van der Waals surface area contributed by atoms with E-state index < -0.39 is 5.91 Å². The molecule has 5 heteroatoms. The Hall–Kier alpha value is -2.95. The number of primary amides is 1. The van der Waals surface area contributed by atoms with Gasteiger partial charge in [0.25, 0.3) is 0 Å². The van der Waals surface area contributed by atoms with Crippen molar-refractivity contribution in [3.8, 4) is 0 Å². The van der Waals surface area contributed by atoms with Crippen LogP contribution in [-0.2, 0) is 19.3 Å². The summed E-state index contributed by atoms with van der Waals surface area (Å²) in [7, 11) is 0. The largest absolute Gasteiger partial charge is 0.366 e. The van der Waals surface area contributed by atoms with Gasteiger partial charge in [-0.2, -0.15) is 4.98 Å². The molecule has 0 atom stereocenters. The molecule has 0 saturated carbocycles. The zero-order valence-corrected chi connectivity index (χ0v) is 13.3. The maximum absolute atomic E-state index is 11.5. The van der Waals surface area contributed by atoms with E-state index in [9.17, 15) is 4.79 Å². The summed E-state index contributed by atoms with van der Waals surface area (Å²) in [6, 6.07) is 17.5. The number of carbonyl (C=O) groups excluding carboxylic acids is 1. The first kappa shape index (κ1) is 15.9. The summed E-state index contributed by atoms with van der Waals surface area (Å²) < 4.78 is 5.30. The van der Waals surface area contributed by atoms with Gasteiger partial charge in [0.05, 0.1) is 0 Å². The van der Waals surface area contributed by atoms with Crippen molar-refractivity contribution in [2.45, 2.75) is 25.7 Å². The molecule has 0 aliphatic carbocycles. The second-order valence-corrected chi connectivity index (χ2v) is 5.64. The molecule has 0 saturated heterocycles. The van der Waals surface area contributed by atoms with Gasteiger partial charge in [0.2, 0.25) is 11.8 Å². The Labute approximate surface area is 140 Å². The maximum Gasteiger partial charge on any atom is 0.248 e. The Morgan fingerprint density at radius 3 is 2.54 bits per heavy atom. The summed E-state index contributed by atoms with van der Waals surface area (Å²) in [5, 5.41) is 4.00. The summed E-state index contributed by atoms with van der Waals surface area (Å²) in [5.41, 5.74) is 7.99. The van der Waals surface area contributed by atoms with Crippen LogP contribution in [0.25, 0.3) is 0 Å². The lowest BCUT2D eigenvalue weighted by atomic mass is 10.0. The fraction of sp³-hybridized carbons (Fsp3) is 0.211. The Balaban J connectivity index is 1.59. The van der Waals surface area contributed by atoms with Crippen molar-refractivity contribution in [2.75, 3.05) is 0 Å². The molecule has 122 valence electrons. The molecular formula is C19H19N3O2. The highest BCUT2D eigenvalue weighted by molar-refractivity contribution is 5.94. The van der Waals surface area contributed by atoms with Gasteiger partial charge in [-0.25, -0.2) is 0 Å². The Morgan fingerprint density at radius 2 is 1.75 bits per heavy atom. The average Bonchev–Trinajstić information content (AvgIpc) is 3.03. The molecule has 3 rings (SSSR count). The number of hydrogen-bond acceptors (Lipinski definition) is 4. The quantitative estimate of drug-likeness (QED) is 0.725. The van der Waals surface area contributed by atoms with Crippen LogP contribution in [-0.4, -0.2) is 16.0 Å². The number of nitrogens with two attached hydrogens (primary N) is 1. The molecule has 0 unspecified atom stereocenters. The van der Waals surface area contributed by atoms with Crippen molar-refractivity contribution in [3.63, 3.8) is 0 Å². The predicted molar refractivity (Wildman–Crippen MR) is 90.5 cm³/mol. The number of nitrogens with zero attached hydrogens (tertiary/aromatic N) is 2. The first-order valence-corrected chi connectivity index (χ1v) is 7.95. The molecule has 5 nitrogen and oxygen atoms in total. The van der Waals surface area contributed by atoms with Gasteiger partial charge in [-0.15, -0.1) is 0 Å². The van der Waals surface area contributed by atoms with E-state index in [1.165, 1.54) is 5.56 Å². The van der Waals surface area contributed by atoms with Crippen LogP contribution < -0.4 is 5.73 Å². The lowest BCUT2D eigenvalue weighted by Crippen LogP contribution is -2.14. The van der Waals surface area contributed by atoms with Crippen molar-refractivity contribution >= 4 is 5.91 Å². The third-order valence-electron chi connectivity index (χ3n) is 3.84. The molecule has 1 heterocycles. The zero-order chi connectivity index (χ0) is 16.8. The Bertz CT molecular complexity index is 812. The van der Waals surface area contributed by atoms with Crippen molar-refractivity contribution in [1.82, 2.24) is 10.1 Å². The molecule has 1 amide bonds. The Kier molecular flexibility index (Phi) is 5.01. The smallest absolute Gasteiger partial charge is 0.248 e. The second-order valence-electron chi connectivity index (χ2n) is 5.64. The van der Waals surface area contributed by atoms with Crippen LogP contribution in [0, 0.1) is 0 Å². The number of aryl methyl sites for hydroxylation is 2. The molecule has 0 spiro atoms. The summed E-state index contributed by atoms with van der Waals surface area (Å²) in [6.07, 6.45) is 3.09. The van der Waals surface area contributed by atoms with Crippen LogP contribution in [0.2, 0.25) is 0 Å². The van der Waals surface area contributed by atoms with E-state index in [1.54, 1.807) is 12.1 Å². The number of benzene rings is 2. The van der Waals surface area contributed by atoms with Crippen molar-refractivity contribution in [2.24, 2.45) is 5.73 Å². The van der Waals surface area contributed by atoms with Crippen molar-refractivity contribution in [3.05, 3.63) is 83.0 Å². The van der Waals surface area contributed by atoms with E-state index in [0.29, 0.717) is 23.7 Å². The SMILES string of the molecule is NC(=O)c1ccccc1Cc1noc(CCCc2ccccc2)n1. The number of carbonyl (C=O) groups is 1. The first-order chi connectivity index (χ1) is 11.7. The van der Waals surface area contributed by atoms with E-state index in [2.05, 4.69) is 22.3 Å². The third kappa shape index (κ3) is 4.07. The van der Waals surface area contributed by atoms with Gasteiger partial charge in [0.1, 0.15) is 0 Å². The van der Waals surface area contributed by atoms with E-state index >= 15 is 0 Å². The van der Waals surface area contributed by atoms with Gasteiger partial charge in [-0.05, 0) is 30.0 Å². The van der Waals surface area contributed by atoms with Gasteiger partial charge in [-0.1, -0.05) is 53.7 Å². The minimum absolute atomic E-state index is 0.432. The van der Waals surface area contributed by atoms with Crippen LogP contribution >= 0.6 is 0 Å². The molecule has 2 aromatic carbocycles. The molecule has 0 aliphatic heterocycles. The summed E-state index contributed by atoms with van der Waals surface area (Å²) >= 11 is 0. The molecular weight excluding hydrogens is 302 g/mol. The monoisotopic (exact) mass is 321 g/mol. The Morgan fingerprint density at radius 1 is 1.00 bits per heavy atom. The van der Waals surface area contributed by atoms with Crippen molar-refractivity contribution in [1.29, 1.82) is 0 Å². The fourth-order valence-electron chi connectivity index (χ4n) is 2.64. The first-order valence-electron chi connectivity index (χ1n) is 7.95. The van der Waals surface area contributed by atoms with E-state index in [4.69, 9.17) is 10.3 Å². The van der Waals surface area contributed by atoms with Gasteiger partial charge >= 0.3 is 0 Å². The molecule has 0 bridgehead atoms. The molecule has 0 radical (unpaired) electrons. The zero-order valence-electron chi connectivity index (χ0n) is 13.3. The lowest BCUT2D eigenvalue weighted by Gasteiger charge is -2.02. The second kappa shape index (κ2) is 7.55. The van der Waals surface area contributed by atoms with Crippen LogP contribution in [0.5, 0.6) is 0 Å². The highest BCUT2D eigenvalue weighted by Gasteiger charge is 2.12. The van der Waals surface area contributed by atoms with Gasteiger partial charge < -0.3 is 10.3 Å². The van der Waals surface area contributed by atoms with Crippen LogP contribution in [0.1, 0.15) is 39.6 Å². The molecule has 3 aromatic rings. The van der Waals surface area contributed by atoms with E-state index in [1.807, 2.05) is 30.3 Å². The average molecular weight is 321 g/mol. The normalized spacial score (nSPS) is 10.7. The van der Waals surface area contributed by atoms with Crippen molar-refractivity contribution < 1.29 is 9.32 Å². The summed E-state index contributed by atoms with van der Waals surface area (Å²) in [5.74, 6) is 0.744. The fourth-order valence-corrected chi connectivity index (χ4v) is 2.64. The standard InChI is InChI=1S/C19H19N3O2/c20-19(23)16-11-5-4-10-15(16)13-17-21-18(24-22-17)12-6-9-14-7-2-1-3-8-14/h1-5,7-8,10-11H,6,9,12-13H2,(H2,20,23). The van der Waals surface area contributed by atoms with Crippen LogP contribution in [0.4, 0.5) is 0 Å². The molecule has 0 aliphatic rings. The van der Waals surface area contributed by atoms with Crippen LogP contribution in [0.3, 0.4) is 0 Å². The minimum atomic E-state index is -0.447. The minimum Gasteiger partial charge on any atom is -0.366 e. The van der Waals surface area contributed by atoms with E-state index in [-0.39, 0.29) is 0 Å². The third-order valence-corrected chi connectivity index (χ3v) is 3.84. The van der Waals surface area contributed by atoms with Gasteiger partial charge in [-0.3, -0.25) is 4.79 Å². The highest BCUT2D eigenvalue weighted by Crippen LogP contribution is 2.13. The highest BCUT2D eigenvalue weighted by atomic mass is 16.5. The van der Waals surface area contributed by atoms with E-state index in [0.717, 1.165) is 24.8 Å². The van der Waals surface area contributed by atoms with Gasteiger partial charge in [0, 0.05) is 18.4 Å². The molecule has 2 N–H and O–H groups in total. The molecule has 1 aromatic heterocycles. The summed E-state index contributed by atoms with van der Waals surface area (Å²) in [4.78, 5) is 15.9. The number of aromatic nitrogens is 2. The number of rotatable bonds is 7. The van der Waals surface area contributed by atoms with Crippen LogP contribution in [0.15, 0.2) is 59.1 Å². The predicted octanol–water partition coefficient (Wildman–Crippen LogP) is 2.93. The lowest BCUT2D eigenvalue weighted by molar-refractivity contribution is 0.0999. The number of amides is 1. The van der Waals surface area contributed by atoms with Gasteiger partial charge in [0.15, 0.2) is 5.82 Å².